The van der Waals surface area contributed by atoms with Gasteiger partial charge >= 0.3 is 6.09 Å². The van der Waals surface area contributed by atoms with Crippen LogP contribution in [0.5, 0.6) is 0 Å². The van der Waals surface area contributed by atoms with Gasteiger partial charge in [-0.15, -0.1) is 0 Å². The van der Waals surface area contributed by atoms with Crippen LogP contribution in [-0.2, 0) is 16.0 Å². The number of pyridine rings is 1. The van der Waals surface area contributed by atoms with Crippen LogP contribution in [0.3, 0.4) is 0 Å². The van der Waals surface area contributed by atoms with Crippen molar-refractivity contribution in [1.29, 1.82) is 0 Å². The minimum Gasteiger partial charge on any atom is -0.447 e. The zero-order chi connectivity index (χ0) is 17.8. The van der Waals surface area contributed by atoms with Gasteiger partial charge in [0.25, 0.3) is 0 Å². The lowest BCUT2D eigenvalue weighted by Gasteiger charge is -2.21. The van der Waals surface area contributed by atoms with E-state index in [1.807, 2.05) is 30.3 Å². The van der Waals surface area contributed by atoms with Gasteiger partial charge < -0.3 is 9.84 Å². The molecule has 130 valence electrons. The van der Waals surface area contributed by atoms with Crippen LogP contribution in [0.25, 0.3) is 0 Å². The number of hydrogen-bond acceptors (Lipinski definition) is 5. The number of halogens is 1. The summed E-state index contributed by atoms with van der Waals surface area (Å²) < 4.78 is 18.2. The van der Waals surface area contributed by atoms with Gasteiger partial charge in [-0.1, -0.05) is 30.3 Å². The van der Waals surface area contributed by atoms with E-state index in [1.165, 1.54) is 6.20 Å². The van der Waals surface area contributed by atoms with Gasteiger partial charge in [-0.25, -0.2) is 14.1 Å². The third-order valence-corrected chi connectivity index (χ3v) is 4.02. The normalized spacial score (nSPS) is 18.1. The average molecular weight is 344 g/mol. The summed E-state index contributed by atoms with van der Waals surface area (Å²) in [5, 5.41) is 10.1. The summed E-state index contributed by atoms with van der Waals surface area (Å²) in [4.78, 5) is 29.1. The van der Waals surface area contributed by atoms with E-state index < -0.39 is 30.0 Å². The number of benzene rings is 1. The van der Waals surface area contributed by atoms with Crippen LogP contribution in [0.4, 0.5) is 9.18 Å². The Hall–Kier alpha value is -2.80. The Labute approximate surface area is 143 Å². The standard InChI is InChI=1S/C18H17FN2O4/c19-14-7-13(9-20-10-14)16(22)8-17(23)21-15(11-25-18(21)24)6-12-4-2-1-3-5-12/h1-5,7,9-10,15-16,22H,6,8,11H2/t15-,16-/m0/s1. The van der Waals surface area contributed by atoms with E-state index in [0.717, 1.165) is 22.7 Å². The van der Waals surface area contributed by atoms with Crippen molar-refractivity contribution in [1.82, 2.24) is 9.88 Å². The predicted octanol–water partition coefficient (Wildman–Crippen LogP) is 2.23. The van der Waals surface area contributed by atoms with Gasteiger partial charge in [0.05, 0.1) is 24.8 Å². The number of imide groups is 1. The van der Waals surface area contributed by atoms with E-state index in [1.54, 1.807) is 0 Å². The molecule has 2 atom stereocenters. The molecule has 6 nitrogen and oxygen atoms in total. The van der Waals surface area contributed by atoms with Crippen LogP contribution in [0.15, 0.2) is 48.8 Å². The molecule has 0 radical (unpaired) electrons. The van der Waals surface area contributed by atoms with Crippen molar-refractivity contribution < 1.29 is 23.8 Å². The maximum Gasteiger partial charge on any atom is 0.416 e. The second kappa shape index (κ2) is 7.40. The zero-order valence-corrected chi connectivity index (χ0v) is 13.3. The lowest BCUT2D eigenvalue weighted by atomic mass is 10.0. The fraction of sp³-hybridized carbons (Fsp3) is 0.278. The quantitative estimate of drug-likeness (QED) is 0.900. The van der Waals surface area contributed by atoms with E-state index in [4.69, 9.17) is 4.74 Å². The third-order valence-electron chi connectivity index (χ3n) is 4.02. The Morgan fingerprint density at radius 2 is 2.12 bits per heavy atom. The molecule has 1 saturated heterocycles. The van der Waals surface area contributed by atoms with Crippen molar-refractivity contribution in [3.05, 3.63) is 65.7 Å². The summed E-state index contributed by atoms with van der Waals surface area (Å²) in [6.07, 6.45) is 0.426. The van der Waals surface area contributed by atoms with Crippen molar-refractivity contribution in [3.63, 3.8) is 0 Å². The van der Waals surface area contributed by atoms with Crippen LogP contribution < -0.4 is 0 Å². The molecule has 3 rings (SSSR count). The highest BCUT2D eigenvalue weighted by Gasteiger charge is 2.38. The van der Waals surface area contributed by atoms with E-state index in [9.17, 15) is 19.1 Å². The number of aliphatic hydroxyl groups excluding tert-OH is 1. The molecule has 0 bridgehead atoms. The summed E-state index contributed by atoms with van der Waals surface area (Å²) in [7, 11) is 0. The third kappa shape index (κ3) is 4.00. The van der Waals surface area contributed by atoms with Gasteiger partial charge in [0.1, 0.15) is 12.4 Å². The summed E-state index contributed by atoms with van der Waals surface area (Å²) >= 11 is 0. The van der Waals surface area contributed by atoms with E-state index in [-0.39, 0.29) is 18.6 Å². The number of ether oxygens (including phenoxy) is 1. The molecule has 1 N–H and O–H groups in total. The largest absolute Gasteiger partial charge is 0.447 e. The molecule has 0 unspecified atom stereocenters. The maximum atomic E-state index is 13.2. The zero-order valence-electron chi connectivity index (χ0n) is 13.3. The lowest BCUT2D eigenvalue weighted by Crippen LogP contribution is -2.40. The molecule has 1 aliphatic rings. The fourth-order valence-electron chi connectivity index (χ4n) is 2.79. The number of cyclic esters (lactones) is 1. The van der Waals surface area contributed by atoms with Crippen molar-refractivity contribution in [2.45, 2.75) is 25.0 Å². The minimum atomic E-state index is -1.25. The number of nitrogens with zero attached hydrogens (tertiary/aromatic N) is 2. The number of rotatable bonds is 5. The number of carbonyl (C=O) groups excluding carboxylic acids is 2. The van der Waals surface area contributed by atoms with Crippen molar-refractivity contribution >= 4 is 12.0 Å². The molecular formula is C18H17FN2O4. The Morgan fingerprint density at radius 3 is 2.84 bits per heavy atom. The highest BCUT2D eigenvalue weighted by molar-refractivity contribution is 5.93. The Kier molecular flexibility index (Phi) is 5.04. The van der Waals surface area contributed by atoms with Gasteiger partial charge in [-0.3, -0.25) is 9.78 Å². The first-order valence-corrected chi connectivity index (χ1v) is 7.86. The first-order chi connectivity index (χ1) is 12.0. The van der Waals surface area contributed by atoms with Crippen LogP contribution in [-0.4, -0.2) is 39.6 Å². The smallest absolute Gasteiger partial charge is 0.416 e. The molecule has 0 aliphatic carbocycles. The second-order valence-corrected chi connectivity index (χ2v) is 5.84. The molecule has 7 heteroatoms. The Bertz CT molecular complexity index is 769. The summed E-state index contributed by atoms with van der Waals surface area (Å²) in [5.74, 6) is -1.17. The van der Waals surface area contributed by atoms with Crippen LogP contribution in [0, 0.1) is 5.82 Å². The highest BCUT2D eigenvalue weighted by Crippen LogP contribution is 2.23. The van der Waals surface area contributed by atoms with E-state index in [0.29, 0.717) is 6.42 Å². The number of aromatic nitrogens is 1. The first-order valence-electron chi connectivity index (χ1n) is 7.86. The molecule has 25 heavy (non-hydrogen) atoms. The predicted molar refractivity (Wildman–Crippen MR) is 85.9 cm³/mol. The van der Waals surface area contributed by atoms with Gasteiger partial charge in [-0.05, 0) is 18.1 Å². The number of aliphatic hydroxyl groups is 1. The van der Waals surface area contributed by atoms with Gasteiger partial charge in [0.2, 0.25) is 5.91 Å². The van der Waals surface area contributed by atoms with Crippen molar-refractivity contribution in [2.24, 2.45) is 0 Å². The minimum absolute atomic E-state index is 0.108. The Balaban J connectivity index is 1.69. The van der Waals surface area contributed by atoms with Crippen LogP contribution in [0.2, 0.25) is 0 Å². The lowest BCUT2D eigenvalue weighted by molar-refractivity contribution is -0.131. The maximum absolute atomic E-state index is 13.2. The van der Waals surface area contributed by atoms with Crippen molar-refractivity contribution in [2.75, 3.05) is 6.61 Å². The van der Waals surface area contributed by atoms with Gasteiger partial charge in [0, 0.05) is 11.8 Å². The highest BCUT2D eigenvalue weighted by atomic mass is 19.1. The SMILES string of the molecule is O=C(C[C@H](O)c1cncc(F)c1)N1C(=O)OC[C@@H]1Cc1ccccc1. The van der Waals surface area contributed by atoms with E-state index >= 15 is 0 Å². The molecule has 1 fully saturated rings. The first kappa shape index (κ1) is 17.0. The summed E-state index contributed by atoms with van der Waals surface area (Å²) in [6.45, 7) is 0.108. The molecule has 2 heterocycles. The van der Waals surface area contributed by atoms with Crippen LogP contribution in [0.1, 0.15) is 23.7 Å². The molecule has 1 aromatic heterocycles. The molecule has 0 saturated carbocycles. The molecule has 1 aliphatic heterocycles. The fourth-order valence-corrected chi connectivity index (χ4v) is 2.79. The molecule has 2 amide bonds. The Morgan fingerprint density at radius 1 is 1.36 bits per heavy atom. The summed E-state index contributed by atoms with van der Waals surface area (Å²) in [5.41, 5.74) is 1.15. The molecule has 2 aromatic rings. The molecular weight excluding hydrogens is 327 g/mol. The number of hydrogen-bond donors (Lipinski definition) is 1. The van der Waals surface area contributed by atoms with Crippen molar-refractivity contribution in [3.8, 4) is 0 Å². The topological polar surface area (TPSA) is 79.7 Å². The molecule has 1 aromatic carbocycles. The van der Waals surface area contributed by atoms with Crippen LogP contribution >= 0.6 is 0 Å². The number of carbonyl (C=O) groups is 2. The summed E-state index contributed by atoms with van der Waals surface area (Å²) in [6, 6.07) is 10.1. The van der Waals surface area contributed by atoms with Gasteiger partial charge in [0.15, 0.2) is 0 Å². The van der Waals surface area contributed by atoms with Gasteiger partial charge in [-0.2, -0.15) is 0 Å². The monoisotopic (exact) mass is 344 g/mol. The second-order valence-electron chi connectivity index (χ2n) is 5.84. The number of amides is 2. The average Bonchev–Trinajstić information content (AvgIpc) is 2.96. The molecule has 0 spiro atoms. The van der Waals surface area contributed by atoms with E-state index in [2.05, 4.69) is 4.98 Å².